The van der Waals surface area contributed by atoms with Gasteiger partial charge in [0, 0.05) is 19.2 Å². The Labute approximate surface area is 101 Å². The summed E-state index contributed by atoms with van der Waals surface area (Å²) < 4.78 is 19.0. The van der Waals surface area contributed by atoms with Gasteiger partial charge in [-0.15, -0.1) is 0 Å². The molecule has 17 heavy (non-hydrogen) atoms. The number of anilines is 1. The lowest BCUT2D eigenvalue weighted by Crippen LogP contribution is -2.24. The number of rotatable bonds is 6. The summed E-state index contributed by atoms with van der Waals surface area (Å²) in [4.78, 5) is 12.3. The summed E-state index contributed by atoms with van der Waals surface area (Å²) in [7, 11) is 1.79. The molecule has 0 N–H and O–H groups in total. The van der Waals surface area contributed by atoms with Crippen LogP contribution < -0.4 is 4.90 Å². The number of likely N-dealkylation sites (N-methyl/N-ethyl adjacent to an activating group) is 1. The molecule has 0 heterocycles. The van der Waals surface area contributed by atoms with Gasteiger partial charge in [-0.05, 0) is 32.0 Å². The van der Waals surface area contributed by atoms with Crippen molar-refractivity contribution in [3.05, 3.63) is 29.6 Å². The Morgan fingerprint density at radius 1 is 1.47 bits per heavy atom. The lowest BCUT2D eigenvalue weighted by molar-refractivity contribution is 0.0845. The van der Waals surface area contributed by atoms with E-state index in [2.05, 4.69) is 0 Å². The number of nitrogens with zero attached hydrogens (tertiary/aromatic N) is 1. The van der Waals surface area contributed by atoms with Crippen LogP contribution in [0.1, 0.15) is 24.2 Å². The number of hydrogen-bond donors (Lipinski definition) is 0. The van der Waals surface area contributed by atoms with Gasteiger partial charge < -0.3 is 9.64 Å². The molecule has 0 atom stereocenters. The first-order valence-electron chi connectivity index (χ1n) is 5.62. The maximum absolute atomic E-state index is 13.6. The van der Waals surface area contributed by atoms with Crippen molar-refractivity contribution in [2.24, 2.45) is 0 Å². The lowest BCUT2D eigenvalue weighted by Gasteiger charge is -2.20. The van der Waals surface area contributed by atoms with Gasteiger partial charge in [-0.25, -0.2) is 4.39 Å². The average Bonchev–Trinajstić information content (AvgIpc) is 2.28. The maximum Gasteiger partial charge on any atom is 0.150 e. The highest BCUT2D eigenvalue weighted by Gasteiger charge is 2.08. The van der Waals surface area contributed by atoms with Crippen LogP contribution in [0, 0.1) is 5.82 Å². The van der Waals surface area contributed by atoms with E-state index in [9.17, 15) is 9.18 Å². The minimum Gasteiger partial charge on any atom is -0.377 e. The van der Waals surface area contributed by atoms with Crippen LogP contribution in [0.4, 0.5) is 10.1 Å². The highest BCUT2D eigenvalue weighted by atomic mass is 19.1. The molecule has 94 valence electrons. The van der Waals surface area contributed by atoms with E-state index >= 15 is 0 Å². The molecule has 0 fully saturated rings. The third kappa shape index (κ3) is 4.15. The zero-order valence-electron chi connectivity index (χ0n) is 10.4. The topological polar surface area (TPSA) is 29.5 Å². The summed E-state index contributed by atoms with van der Waals surface area (Å²) in [5.41, 5.74) is 0.820. The second kappa shape index (κ2) is 6.35. The molecule has 1 rings (SSSR count). The summed E-state index contributed by atoms with van der Waals surface area (Å²) in [5.74, 6) is -0.387. The average molecular weight is 239 g/mol. The Morgan fingerprint density at radius 2 is 2.18 bits per heavy atom. The summed E-state index contributed by atoms with van der Waals surface area (Å²) in [6, 6.07) is 4.45. The largest absolute Gasteiger partial charge is 0.377 e. The van der Waals surface area contributed by atoms with Gasteiger partial charge in [-0.2, -0.15) is 0 Å². The molecule has 0 spiro atoms. The number of carbonyl (C=O) groups excluding carboxylic acids is 1. The third-order valence-electron chi connectivity index (χ3n) is 2.40. The summed E-state index contributed by atoms with van der Waals surface area (Å²) in [6.45, 7) is 5.07. The van der Waals surface area contributed by atoms with E-state index < -0.39 is 0 Å². The molecule has 0 saturated carbocycles. The fourth-order valence-corrected chi connectivity index (χ4v) is 1.45. The molecule has 0 amide bonds. The minimum absolute atomic E-state index is 0.172. The van der Waals surface area contributed by atoms with Crippen LogP contribution in [-0.4, -0.2) is 32.6 Å². The van der Waals surface area contributed by atoms with Crippen molar-refractivity contribution in [1.29, 1.82) is 0 Å². The molecule has 0 radical (unpaired) electrons. The SMILES string of the molecule is CC(C)OCCN(C)c1ccc(C=O)cc1F. The Bertz CT molecular complexity index is 380. The van der Waals surface area contributed by atoms with Crippen molar-refractivity contribution >= 4 is 12.0 Å². The Morgan fingerprint density at radius 3 is 2.71 bits per heavy atom. The molecule has 0 aliphatic carbocycles. The fourth-order valence-electron chi connectivity index (χ4n) is 1.45. The third-order valence-corrected chi connectivity index (χ3v) is 2.40. The van der Waals surface area contributed by atoms with Crippen LogP contribution in [0.5, 0.6) is 0 Å². The van der Waals surface area contributed by atoms with Crippen LogP contribution >= 0.6 is 0 Å². The predicted molar refractivity (Wildman–Crippen MR) is 66.1 cm³/mol. The van der Waals surface area contributed by atoms with Crippen molar-refractivity contribution in [2.75, 3.05) is 25.1 Å². The quantitative estimate of drug-likeness (QED) is 0.714. The van der Waals surface area contributed by atoms with Gasteiger partial charge in [-0.3, -0.25) is 4.79 Å². The molecule has 1 aromatic rings. The van der Waals surface area contributed by atoms with E-state index in [-0.39, 0.29) is 11.9 Å². The molecule has 0 unspecified atom stereocenters. The summed E-state index contributed by atoms with van der Waals surface area (Å²) >= 11 is 0. The Balaban J connectivity index is 2.62. The van der Waals surface area contributed by atoms with Crippen LogP contribution in [0.2, 0.25) is 0 Å². The van der Waals surface area contributed by atoms with Gasteiger partial charge in [0.2, 0.25) is 0 Å². The van der Waals surface area contributed by atoms with Crippen LogP contribution in [0.25, 0.3) is 0 Å². The van der Waals surface area contributed by atoms with Crippen LogP contribution in [-0.2, 0) is 4.74 Å². The number of benzene rings is 1. The summed E-state index contributed by atoms with van der Waals surface area (Å²) in [6.07, 6.45) is 0.806. The zero-order chi connectivity index (χ0) is 12.8. The second-order valence-electron chi connectivity index (χ2n) is 4.17. The van der Waals surface area contributed by atoms with Gasteiger partial charge in [0.15, 0.2) is 0 Å². The molecular formula is C13H18FNO2. The van der Waals surface area contributed by atoms with E-state index in [4.69, 9.17) is 4.74 Å². The normalized spacial score (nSPS) is 10.6. The van der Waals surface area contributed by atoms with Crippen molar-refractivity contribution in [3.63, 3.8) is 0 Å². The van der Waals surface area contributed by atoms with Gasteiger partial charge in [0.1, 0.15) is 12.1 Å². The number of hydrogen-bond acceptors (Lipinski definition) is 3. The second-order valence-corrected chi connectivity index (χ2v) is 4.17. The molecule has 1 aromatic carbocycles. The van der Waals surface area contributed by atoms with E-state index in [0.29, 0.717) is 30.7 Å². The highest BCUT2D eigenvalue weighted by molar-refractivity contribution is 5.75. The molecule has 0 bridgehead atoms. The minimum atomic E-state index is -0.387. The smallest absolute Gasteiger partial charge is 0.150 e. The maximum atomic E-state index is 13.6. The first-order valence-corrected chi connectivity index (χ1v) is 5.62. The predicted octanol–water partition coefficient (Wildman–Crippen LogP) is 2.50. The van der Waals surface area contributed by atoms with Gasteiger partial charge >= 0.3 is 0 Å². The van der Waals surface area contributed by atoms with Crippen molar-refractivity contribution < 1.29 is 13.9 Å². The van der Waals surface area contributed by atoms with Gasteiger partial charge in [0.05, 0.1) is 18.4 Å². The van der Waals surface area contributed by atoms with Gasteiger partial charge in [0.25, 0.3) is 0 Å². The molecule has 4 heteroatoms. The molecule has 0 saturated heterocycles. The lowest BCUT2D eigenvalue weighted by atomic mass is 10.2. The van der Waals surface area contributed by atoms with Crippen molar-refractivity contribution in [3.8, 4) is 0 Å². The molecule has 0 aliphatic heterocycles. The number of aldehydes is 1. The first kappa shape index (κ1) is 13.6. The number of halogens is 1. The number of carbonyl (C=O) groups is 1. The Kier molecular flexibility index (Phi) is 5.10. The van der Waals surface area contributed by atoms with Gasteiger partial charge in [-0.1, -0.05) is 0 Å². The Hall–Kier alpha value is -1.42. The molecule has 0 aliphatic rings. The number of ether oxygens (including phenoxy) is 1. The first-order chi connectivity index (χ1) is 8.04. The van der Waals surface area contributed by atoms with Crippen molar-refractivity contribution in [1.82, 2.24) is 0 Å². The van der Waals surface area contributed by atoms with Crippen LogP contribution in [0.15, 0.2) is 18.2 Å². The highest BCUT2D eigenvalue weighted by Crippen LogP contribution is 2.18. The standard InChI is InChI=1S/C13H18FNO2/c1-10(2)17-7-6-15(3)13-5-4-11(9-16)8-12(13)14/h4-5,8-10H,6-7H2,1-3H3. The fraction of sp³-hybridized carbons (Fsp3) is 0.462. The molecule has 0 aromatic heterocycles. The zero-order valence-corrected chi connectivity index (χ0v) is 10.4. The van der Waals surface area contributed by atoms with E-state index in [1.165, 1.54) is 6.07 Å². The van der Waals surface area contributed by atoms with E-state index in [1.54, 1.807) is 24.1 Å². The molecule has 3 nitrogen and oxygen atoms in total. The summed E-state index contributed by atoms with van der Waals surface area (Å²) in [5, 5.41) is 0. The van der Waals surface area contributed by atoms with Crippen molar-refractivity contribution in [2.45, 2.75) is 20.0 Å². The van der Waals surface area contributed by atoms with Crippen LogP contribution in [0.3, 0.4) is 0 Å². The van der Waals surface area contributed by atoms with E-state index in [1.807, 2.05) is 13.8 Å². The molecular weight excluding hydrogens is 221 g/mol. The van der Waals surface area contributed by atoms with E-state index in [0.717, 1.165) is 0 Å². The monoisotopic (exact) mass is 239 g/mol.